The summed E-state index contributed by atoms with van der Waals surface area (Å²) in [6, 6.07) is 14.9. The fourth-order valence-corrected chi connectivity index (χ4v) is 3.20. The summed E-state index contributed by atoms with van der Waals surface area (Å²) >= 11 is 5.34. The van der Waals surface area contributed by atoms with Gasteiger partial charge >= 0.3 is 6.61 Å². The molecule has 0 saturated carbocycles. The number of rotatable bonds is 6. The lowest BCUT2D eigenvalue weighted by atomic mass is 10.2. The van der Waals surface area contributed by atoms with Crippen molar-refractivity contribution in [2.45, 2.75) is 33.9 Å². The van der Waals surface area contributed by atoms with Gasteiger partial charge in [0.2, 0.25) is 0 Å². The SMILES string of the molecule is Cc1ccc(NC(=S)NCc2c(C)nn(-c3ccccc3)c2C)c(OC(F)F)c1. The molecule has 152 valence electrons. The molecule has 3 rings (SSSR count). The standard InChI is InChI=1S/C21H22F2N4OS/c1-13-9-10-18(19(11-13)28-20(22)23)25-21(29)24-12-17-14(2)26-27(15(17)3)16-7-5-4-6-8-16/h4-11,20H,12H2,1-3H3,(H2,24,25,29). The van der Waals surface area contributed by atoms with E-state index < -0.39 is 6.61 Å². The van der Waals surface area contributed by atoms with Crippen molar-refractivity contribution in [1.82, 2.24) is 15.1 Å². The van der Waals surface area contributed by atoms with Crippen molar-refractivity contribution in [3.05, 3.63) is 71.0 Å². The average Bonchev–Trinajstić information content (AvgIpc) is 2.96. The van der Waals surface area contributed by atoms with Gasteiger partial charge in [-0.3, -0.25) is 0 Å². The Bertz CT molecular complexity index is 1010. The first-order valence-corrected chi connectivity index (χ1v) is 9.47. The number of thiocarbonyl (C=S) groups is 1. The molecule has 0 fully saturated rings. The maximum absolute atomic E-state index is 12.7. The van der Waals surface area contributed by atoms with Gasteiger partial charge in [-0.1, -0.05) is 24.3 Å². The predicted octanol–water partition coefficient (Wildman–Crippen LogP) is 4.89. The second kappa shape index (κ2) is 9.00. The zero-order chi connectivity index (χ0) is 21.0. The third-order valence-electron chi connectivity index (χ3n) is 4.47. The molecule has 0 atom stereocenters. The smallest absolute Gasteiger partial charge is 0.387 e. The molecule has 0 aliphatic heterocycles. The molecular formula is C21H22F2N4OS. The van der Waals surface area contributed by atoms with Crippen molar-refractivity contribution >= 4 is 23.0 Å². The van der Waals surface area contributed by atoms with E-state index in [2.05, 4.69) is 20.5 Å². The van der Waals surface area contributed by atoms with Crippen LogP contribution in [0.2, 0.25) is 0 Å². The molecule has 8 heteroatoms. The molecule has 0 aliphatic rings. The van der Waals surface area contributed by atoms with Crippen LogP contribution in [0.5, 0.6) is 5.75 Å². The Balaban J connectivity index is 1.70. The zero-order valence-electron chi connectivity index (χ0n) is 16.4. The number of hydrogen-bond donors (Lipinski definition) is 2. The van der Waals surface area contributed by atoms with Gasteiger partial charge in [0.25, 0.3) is 0 Å². The largest absolute Gasteiger partial charge is 0.433 e. The Morgan fingerprint density at radius 2 is 1.86 bits per heavy atom. The van der Waals surface area contributed by atoms with Crippen molar-refractivity contribution in [1.29, 1.82) is 0 Å². The summed E-state index contributed by atoms with van der Waals surface area (Å²) in [6.45, 7) is 3.28. The highest BCUT2D eigenvalue weighted by Crippen LogP contribution is 2.27. The topological polar surface area (TPSA) is 51.1 Å². The minimum atomic E-state index is -2.91. The molecule has 0 radical (unpaired) electrons. The molecule has 2 aromatic carbocycles. The number of benzene rings is 2. The van der Waals surface area contributed by atoms with Gasteiger partial charge in [-0.25, -0.2) is 4.68 Å². The molecule has 0 aliphatic carbocycles. The van der Waals surface area contributed by atoms with Crippen LogP contribution in [0.1, 0.15) is 22.5 Å². The summed E-state index contributed by atoms with van der Waals surface area (Å²) in [4.78, 5) is 0. The Morgan fingerprint density at radius 3 is 2.55 bits per heavy atom. The van der Waals surface area contributed by atoms with Gasteiger partial charge in [0.1, 0.15) is 5.75 Å². The maximum atomic E-state index is 12.7. The second-order valence-corrected chi connectivity index (χ2v) is 6.99. The van der Waals surface area contributed by atoms with Gasteiger partial charge in [0.15, 0.2) is 5.11 Å². The van der Waals surface area contributed by atoms with Crippen LogP contribution in [-0.2, 0) is 6.54 Å². The van der Waals surface area contributed by atoms with Gasteiger partial charge in [-0.05, 0) is 62.8 Å². The van der Waals surface area contributed by atoms with E-state index in [9.17, 15) is 8.78 Å². The van der Waals surface area contributed by atoms with E-state index in [1.807, 2.05) is 48.9 Å². The quantitative estimate of drug-likeness (QED) is 0.561. The minimum absolute atomic E-state index is 0.0495. The lowest BCUT2D eigenvalue weighted by molar-refractivity contribution is -0.0493. The zero-order valence-corrected chi connectivity index (χ0v) is 17.2. The van der Waals surface area contributed by atoms with E-state index in [-0.39, 0.29) is 5.75 Å². The number of nitrogens with one attached hydrogen (secondary N) is 2. The minimum Gasteiger partial charge on any atom is -0.433 e. The fraction of sp³-hybridized carbons (Fsp3) is 0.238. The van der Waals surface area contributed by atoms with E-state index in [1.165, 1.54) is 6.07 Å². The molecular weight excluding hydrogens is 394 g/mol. The van der Waals surface area contributed by atoms with Crippen LogP contribution in [0.3, 0.4) is 0 Å². The Kier molecular flexibility index (Phi) is 6.43. The summed E-state index contributed by atoms with van der Waals surface area (Å²) < 4.78 is 31.8. The van der Waals surface area contributed by atoms with Crippen molar-refractivity contribution in [2.24, 2.45) is 0 Å². The predicted molar refractivity (Wildman–Crippen MR) is 114 cm³/mol. The monoisotopic (exact) mass is 416 g/mol. The van der Waals surface area contributed by atoms with Crippen LogP contribution in [0.15, 0.2) is 48.5 Å². The normalized spacial score (nSPS) is 10.8. The summed E-state index contributed by atoms with van der Waals surface area (Å²) in [7, 11) is 0. The van der Waals surface area contributed by atoms with Crippen LogP contribution < -0.4 is 15.4 Å². The average molecular weight is 416 g/mol. The van der Waals surface area contributed by atoms with Crippen LogP contribution >= 0.6 is 12.2 Å². The Labute approximate surface area is 173 Å². The van der Waals surface area contributed by atoms with Gasteiger partial charge < -0.3 is 15.4 Å². The number of hydrogen-bond acceptors (Lipinski definition) is 3. The van der Waals surface area contributed by atoms with Gasteiger partial charge in [-0.2, -0.15) is 13.9 Å². The number of ether oxygens (including phenoxy) is 1. The summed E-state index contributed by atoms with van der Waals surface area (Å²) in [5.41, 5.74) is 5.07. The number of alkyl halides is 2. The number of halogens is 2. The fourth-order valence-electron chi connectivity index (χ4n) is 3.01. The van der Waals surface area contributed by atoms with Crippen molar-refractivity contribution in [2.75, 3.05) is 5.32 Å². The van der Waals surface area contributed by atoms with E-state index in [0.717, 1.165) is 28.2 Å². The van der Waals surface area contributed by atoms with Gasteiger partial charge in [-0.15, -0.1) is 0 Å². The second-order valence-electron chi connectivity index (χ2n) is 6.58. The molecule has 3 aromatic rings. The molecule has 1 heterocycles. The molecule has 29 heavy (non-hydrogen) atoms. The van der Waals surface area contributed by atoms with Gasteiger partial charge in [0.05, 0.1) is 17.1 Å². The van der Waals surface area contributed by atoms with E-state index in [1.54, 1.807) is 19.1 Å². The highest BCUT2D eigenvalue weighted by atomic mass is 32.1. The Morgan fingerprint density at radius 1 is 1.14 bits per heavy atom. The van der Waals surface area contributed by atoms with Gasteiger partial charge in [0, 0.05) is 17.8 Å². The molecule has 1 aromatic heterocycles. The third kappa shape index (κ3) is 5.08. The number of aryl methyl sites for hydroxylation is 2. The molecule has 0 amide bonds. The highest BCUT2D eigenvalue weighted by Gasteiger charge is 2.14. The Hall–Kier alpha value is -3.00. The maximum Gasteiger partial charge on any atom is 0.387 e. The summed E-state index contributed by atoms with van der Waals surface area (Å²) in [5, 5.41) is 11.0. The number of nitrogens with zero attached hydrogens (tertiary/aromatic N) is 2. The van der Waals surface area contributed by atoms with E-state index in [0.29, 0.717) is 17.3 Å². The molecule has 0 bridgehead atoms. The van der Waals surface area contributed by atoms with Crippen LogP contribution in [-0.4, -0.2) is 21.5 Å². The summed E-state index contributed by atoms with van der Waals surface area (Å²) in [6.07, 6.45) is 0. The first-order chi connectivity index (χ1) is 13.8. The highest BCUT2D eigenvalue weighted by molar-refractivity contribution is 7.80. The lowest BCUT2D eigenvalue weighted by Crippen LogP contribution is -2.28. The van der Waals surface area contributed by atoms with Crippen LogP contribution in [0.25, 0.3) is 5.69 Å². The van der Waals surface area contributed by atoms with E-state index >= 15 is 0 Å². The van der Waals surface area contributed by atoms with Crippen LogP contribution in [0.4, 0.5) is 14.5 Å². The van der Waals surface area contributed by atoms with Crippen molar-refractivity contribution < 1.29 is 13.5 Å². The molecule has 0 spiro atoms. The van der Waals surface area contributed by atoms with Crippen LogP contribution in [0, 0.1) is 20.8 Å². The first kappa shape index (κ1) is 20.7. The lowest BCUT2D eigenvalue weighted by Gasteiger charge is -2.15. The number of aromatic nitrogens is 2. The third-order valence-corrected chi connectivity index (χ3v) is 4.72. The molecule has 0 unspecified atom stereocenters. The van der Waals surface area contributed by atoms with Crippen molar-refractivity contribution in [3.63, 3.8) is 0 Å². The van der Waals surface area contributed by atoms with E-state index in [4.69, 9.17) is 12.2 Å². The number of para-hydroxylation sites is 1. The van der Waals surface area contributed by atoms with Crippen molar-refractivity contribution in [3.8, 4) is 11.4 Å². The molecule has 2 N–H and O–H groups in total. The summed E-state index contributed by atoms with van der Waals surface area (Å²) in [5.74, 6) is 0.0495. The number of anilines is 1. The first-order valence-electron chi connectivity index (χ1n) is 9.06. The molecule has 0 saturated heterocycles. The molecule has 5 nitrogen and oxygen atoms in total.